The molecular weight excluding hydrogens is 332 g/mol. The fraction of sp³-hybridized carbons (Fsp3) is 0.722. The maximum Gasteiger partial charge on any atom is 0.319 e. The summed E-state index contributed by atoms with van der Waals surface area (Å²) >= 11 is 0. The van der Waals surface area contributed by atoms with Crippen molar-refractivity contribution < 1.29 is 9.59 Å². The molecule has 1 saturated heterocycles. The minimum Gasteiger partial charge on any atom is -0.346 e. The molecule has 1 aromatic rings. The summed E-state index contributed by atoms with van der Waals surface area (Å²) < 4.78 is 0. The Hall–Kier alpha value is -2.09. The summed E-state index contributed by atoms with van der Waals surface area (Å²) in [5, 5.41) is 10.5. The average Bonchev–Trinajstić information content (AvgIpc) is 3.23. The second-order valence-corrected chi connectivity index (χ2v) is 8.18. The van der Waals surface area contributed by atoms with E-state index in [1.165, 1.54) is 12.8 Å². The molecule has 0 radical (unpaired) electrons. The molecule has 8 nitrogen and oxygen atoms in total. The zero-order valence-electron chi connectivity index (χ0n) is 15.8. The first-order valence-corrected chi connectivity index (χ1v) is 9.45. The SMILES string of the molecule is CN1CCc2[nH]nc(C(=O)N[C@H]3CN(C(=O)N(C)C)C[C@@H]3C3CC3)c2C1. The minimum absolute atomic E-state index is 0.00701. The molecule has 3 heterocycles. The van der Waals surface area contributed by atoms with Gasteiger partial charge in [-0.3, -0.25) is 9.89 Å². The monoisotopic (exact) mass is 360 g/mol. The Morgan fingerprint density at radius 2 is 2.04 bits per heavy atom. The number of fused-ring (bicyclic) bond motifs is 1. The van der Waals surface area contributed by atoms with Crippen LogP contribution in [0.15, 0.2) is 0 Å². The first kappa shape index (κ1) is 17.3. The molecule has 3 amide bonds. The van der Waals surface area contributed by atoms with Gasteiger partial charge in [-0.05, 0) is 25.8 Å². The Bertz CT molecular complexity index is 711. The number of rotatable bonds is 3. The molecule has 2 atom stereocenters. The summed E-state index contributed by atoms with van der Waals surface area (Å²) in [5.41, 5.74) is 2.60. The van der Waals surface area contributed by atoms with Crippen LogP contribution in [-0.4, -0.2) is 83.7 Å². The van der Waals surface area contributed by atoms with Crippen LogP contribution in [0.3, 0.4) is 0 Å². The lowest BCUT2D eigenvalue weighted by atomic mass is 9.97. The van der Waals surface area contributed by atoms with E-state index in [1.54, 1.807) is 19.0 Å². The zero-order valence-corrected chi connectivity index (χ0v) is 15.8. The number of carbonyl (C=O) groups excluding carboxylic acids is 2. The van der Waals surface area contributed by atoms with E-state index < -0.39 is 0 Å². The number of H-pyrrole nitrogens is 1. The van der Waals surface area contributed by atoms with Crippen LogP contribution >= 0.6 is 0 Å². The molecule has 0 aromatic carbocycles. The molecule has 0 bridgehead atoms. The molecule has 2 aliphatic heterocycles. The first-order valence-electron chi connectivity index (χ1n) is 9.45. The third kappa shape index (κ3) is 3.18. The van der Waals surface area contributed by atoms with E-state index in [9.17, 15) is 9.59 Å². The average molecular weight is 360 g/mol. The van der Waals surface area contributed by atoms with Crippen LogP contribution in [0.25, 0.3) is 0 Å². The zero-order chi connectivity index (χ0) is 18.4. The van der Waals surface area contributed by atoms with E-state index in [1.807, 2.05) is 4.90 Å². The second kappa shape index (κ2) is 6.57. The van der Waals surface area contributed by atoms with Crippen molar-refractivity contribution in [3.8, 4) is 0 Å². The Balaban J connectivity index is 1.48. The fourth-order valence-corrected chi connectivity index (χ4v) is 4.28. The number of hydrogen-bond acceptors (Lipinski definition) is 4. The van der Waals surface area contributed by atoms with Gasteiger partial charge in [-0.25, -0.2) is 4.79 Å². The third-order valence-corrected chi connectivity index (χ3v) is 5.90. The minimum atomic E-state index is -0.118. The molecule has 1 saturated carbocycles. The van der Waals surface area contributed by atoms with Crippen molar-refractivity contribution in [1.82, 2.24) is 30.2 Å². The standard InChI is InChI=1S/C18H28N6O2/c1-22(2)18(26)24-9-12(11-4-5-11)15(10-24)19-17(25)16-13-8-23(3)7-6-14(13)20-21-16/h11-12,15H,4-10H2,1-3H3,(H,19,25)(H,20,21)/t12-,15+/m1/s1. The highest BCUT2D eigenvalue weighted by Crippen LogP contribution is 2.41. The van der Waals surface area contributed by atoms with E-state index in [2.05, 4.69) is 27.5 Å². The van der Waals surface area contributed by atoms with E-state index in [0.29, 0.717) is 24.1 Å². The van der Waals surface area contributed by atoms with Gasteiger partial charge in [0.15, 0.2) is 5.69 Å². The summed E-state index contributed by atoms with van der Waals surface area (Å²) in [6.07, 6.45) is 3.29. The predicted octanol–water partition coefficient (Wildman–Crippen LogP) is 0.519. The summed E-state index contributed by atoms with van der Waals surface area (Å²) in [6, 6.07) is 0.0266. The van der Waals surface area contributed by atoms with Gasteiger partial charge in [0.2, 0.25) is 0 Å². The molecule has 4 rings (SSSR count). The predicted molar refractivity (Wildman–Crippen MR) is 96.7 cm³/mol. The molecule has 8 heteroatoms. The topological polar surface area (TPSA) is 84.6 Å². The lowest BCUT2D eigenvalue weighted by molar-refractivity contribution is 0.0920. The normalized spacial score (nSPS) is 25.9. The van der Waals surface area contributed by atoms with Crippen LogP contribution in [0.1, 0.15) is 34.6 Å². The van der Waals surface area contributed by atoms with Gasteiger partial charge in [-0.15, -0.1) is 0 Å². The Morgan fingerprint density at radius 1 is 1.27 bits per heavy atom. The first-order chi connectivity index (χ1) is 12.4. The third-order valence-electron chi connectivity index (χ3n) is 5.90. The van der Waals surface area contributed by atoms with Crippen molar-refractivity contribution in [3.63, 3.8) is 0 Å². The molecule has 26 heavy (non-hydrogen) atoms. The summed E-state index contributed by atoms with van der Waals surface area (Å²) in [6.45, 7) is 3.03. The molecule has 2 fully saturated rings. The van der Waals surface area contributed by atoms with Crippen molar-refractivity contribution >= 4 is 11.9 Å². The number of likely N-dealkylation sites (N-methyl/N-ethyl adjacent to an activating group) is 1. The van der Waals surface area contributed by atoms with Gasteiger partial charge in [0, 0.05) is 63.9 Å². The summed E-state index contributed by atoms with van der Waals surface area (Å²) in [4.78, 5) is 30.9. The molecule has 1 aromatic heterocycles. The lowest BCUT2D eigenvalue weighted by Crippen LogP contribution is -2.43. The van der Waals surface area contributed by atoms with Gasteiger partial charge in [0.1, 0.15) is 0 Å². The van der Waals surface area contributed by atoms with Crippen LogP contribution in [0.4, 0.5) is 4.79 Å². The molecule has 0 spiro atoms. The van der Waals surface area contributed by atoms with Crippen LogP contribution in [0.2, 0.25) is 0 Å². The molecule has 3 aliphatic rings. The number of hydrogen-bond donors (Lipinski definition) is 2. The number of carbonyl (C=O) groups is 2. The number of likely N-dealkylation sites (tertiary alicyclic amines) is 1. The summed E-state index contributed by atoms with van der Waals surface area (Å²) in [5.74, 6) is 0.854. The van der Waals surface area contributed by atoms with E-state index >= 15 is 0 Å². The summed E-state index contributed by atoms with van der Waals surface area (Å²) in [7, 11) is 5.60. The maximum absolute atomic E-state index is 12.9. The van der Waals surface area contributed by atoms with Crippen LogP contribution in [-0.2, 0) is 13.0 Å². The highest BCUT2D eigenvalue weighted by atomic mass is 16.2. The molecule has 2 N–H and O–H groups in total. The van der Waals surface area contributed by atoms with Gasteiger partial charge in [-0.1, -0.05) is 0 Å². The number of amides is 3. The number of aromatic nitrogens is 2. The smallest absolute Gasteiger partial charge is 0.319 e. The van der Waals surface area contributed by atoms with Gasteiger partial charge in [-0.2, -0.15) is 5.10 Å². The van der Waals surface area contributed by atoms with Crippen molar-refractivity contribution in [3.05, 3.63) is 17.0 Å². The molecule has 142 valence electrons. The Labute approximate surface area is 153 Å². The molecule has 1 aliphatic carbocycles. The largest absolute Gasteiger partial charge is 0.346 e. The maximum atomic E-state index is 12.9. The molecular formula is C18H28N6O2. The van der Waals surface area contributed by atoms with E-state index in [0.717, 1.165) is 37.3 Å². The van der Waals surface area contributed by atoms with Crippen molar-refractivity contribution in [1.29, 1.82) is 0 Å². The van der Waals surface area contributed by atoms with Gasteiger partial charge >= 0.3 is 6.03 Å². The number of nitrogens with zero attached hydrogens (tertiary/aromatic N) is 4. The number of urea groups is 1. The number of nitrogens with one attached hydrogen (secondary N) is 2. The van der Waals surface area contributed by atoms with Crippen molar-refractivity contribution in [2.45, 2.75) is 31.8 Å². The second-order valence-electron chi connectivity index (χ2n) is 8.18. The van der Waals surface area contributed by atoms with E-state index in [-0.39, 0.29) is 18.0 Å². The Kier molecular flexibility index (Phi) is 4.38. The van der Waals surface area contributed by atoms with Crippen molar-refractivity contribution in [2.75, 3.05) is 40.8 Å². The fourth-order valence-electron chi connectivity index (χ4n) is 4.28. The van der Waals surface area contributed by atoms with Crippen LogP contribution in [0, 0.1) is 11.8 Å². The molecule has 0 unspecified atom stereocenters. The van der Waals surface area contributed by atoms with Crippen molar-refractivity contribution in [2.24, 2.45) is 11.8 Å². The highest BCUT2D eigenvalue weighted by molar-refractivity contribution is 5.94. The Morgan fingerprint density at radius 3 is 2.73 bits per heavy atom. The quantitative estimate of drug-likeness (QED) is 0.823. The van der Waals surface area contributed by atoms with Crippen LogP contribution < -0.4 is 5.32 Å². The lowest BCUT2D eigenvalue weighted by Gasteiger charge is -2.23. The highest BCUT2D eigenvalue weighted by Gasteiger charge is 2.45. The van der Waals surface area contributed by atoms with Gasteiger partial charge in [0.05, 0.1) is 6.04 Å². The van der Waals surface area contributed by atoms with Crippen LogP contribution in [0.5, 0.6) is 0 Å². The number of aromatic amines is 1. The van der Waals surface area contributed by atoms with E-state index in [4.69, 9.17) is 0 Å². The van der Waals surface area contributed by atoms with Gasteiger partial charge < -0.3 is 20.0 Å². The van der Waals surface area contributed by atoms with Gasteiger partial charge in [0.25, 0.3) is 5.91 Å².